The lowest BCUT2D eigenvalue weighted by atomic mass is 10.3. The third kappa shape index (κ3) is 3.53. The summed E-state index contributed by atoms with van der Waals surface area (Å²) in [4.78, 5) is 0. The fraction of sp³-hybridized carbons (Fsp3) is 0.333. The topological polar surface area (TPSA) is 75.7 Å². The summed E-state index contributed by atoms with van der Waals surface area (Å²) in [5.41, 5.74) is 6.04. The molecule has 0 aliphatic carbocycles. The second kappa shape index (κ2) is 5.55. The van der Waals surface area contributed by atoms with Crippen LogP contribution in [0.15, 0.2) is 16.6 Å². The fourth-order valence-corrected chi connectivity index (χ4v) is 1.91. The van der Waals surface area contributed by atoms with Crippen LogP contribution >= 0.6 is 27.5 Å². The summed E-state index contributed by atoms with van der Waals surface area (Å²) in [5.74, 6) is 0.409. The van der Waals surface area contributed by atoms with Gasteiger partial charge in [0.25, 0.3) is 0 Å². The predicted molar refractivity (Wildman–Crippen MR) is 62.2 cm³/mol. The van der Waals surface area contributed by atoms with Gasteiger partial charge in [0.2, 0.25) is 0 Å². The molecule has 0 saturated heterocycles. The van der Waals surface area contributed by atoms with E-state index in [0.29, 0.717) is 20.9 Å². The summed E-state index contributed by atoms with van der Waals surface area (Å²) < 4.78 is 5.84. The van der Waals surface area contributed by atoms with Crippen LogP contribution in [0.1, 0.15) is 0 Å². The molecule has 0 fully saturated rings. The number of nitrogens with two attached hydrogens (primary N) is 1. The van der Waals surface area contributed by atoms with Crippen molar-refractivity contribution in [2.45, 2.75) is 6.10 Å². The van der Waals surface area contributed by atoms with Crippen LogP contribution in [0.3, 0.4) is 0 Å². The Kier molecular flexibility index (Phi) is 4.66. The minimum atomic E-state index is -0.924. The van der Waals surface area contributed by atoms with Crippen LogP contribution in [0.4, 0.5) is 5.69 Å². The van der Waals surface area contributed by atoms with Gasteiger partial charge in [0.05, 0.1) is 16.8 Å². The Labute approximate surface area is 101 Å². The fourth-order valence-electron chi connectivity index (χ4n) is 0.965. The highest BCUT2D eigenvalue weighted by molar-refractivity contribution is 9.10. The summed E-state index contributed by atoms with van der Waals surface area (Å²) in [6, 6.07) is 3.19. The second-order valence-corrected chi connectivity index (χ2v) is 4.24. The second-order valence-electron chi connectivity index (χ2n) is 2.95. The summed E-state index contributed by atoms with van der Waals surface area (Å²) in [7, 11) is 0. The maximum absolute atomic E-state index is 9.10. The Morgan fingerprint density at radius 2 is 2.20 bits per heavy atom. The maximum atomic E-state index is 9.10. The van der Waals surface area contributed by atoms with E-state index >= 15 is 0 Å². The van der Waals surface area contributed by atoms with Gasteiger partial charge in [0.15, 0.2) is 5.75 Å². The van der Waals surface area contributed by atoms with Crippen LogP contribution in [-0.4, -0.2) is 29.5 Å². The van der Waals surface area contributed by atoms with Crippen molar-refractivity contribution in [1.82, 2.24) is 0 Å². The highest BCUT2D eigenvalue weighted by atomic mass is 79.9. The standard InChI is InChI=1S/C9H11BrClNO3/c10-7-1-5(11)2-8(12)9(7)15-4-6(14)3-13/h1-2,6,13-14H,3-4,12H2. The number of benzene rings is 1. The van der Waals surface area contributed by atoms with Crippen LogP contribution in [0.5, 0.6) is 5.75 Å². The van der Waals surface area contributed by atoms with Crippen molar-refractivity contribution in [3.8, 4) is 5.75 Å². The van der Waals surface area contributed by atoms with Gasteiger partial charge in [-0.2, -0.15) is 0 Å². The van der Waals surface area contributed by atoms with E-state index in [-0.39, 0.29) is 13.2 Å². The minimum absolute atomic E-state index is 0.0269. The lowest BCUT2D eigenvalue weighted by molar-refractivity contribution is 0.0536. The Balaban J connectivity index is 2.77. The number of anilines is 1. The Hall–Kier alpha value is -0.490. The quantitative estimate of drug-likeness (QED) is 0.735. The van der Waals surface area contributed by atoms with Crippen molar-refractivity contribution in [3.05, 3.63) is 21.6 Å². The lowest BCUT2D eigenvalue weighted by Crippen LogP contribution is -2.21. The van der Waals surface area contributed by atoms with E-state index in [0.717, 1.165) is 0 Å². The zero-order valence-electron chi connectivity index (χ0n) is 7.78. The van der Waals surface area contributed by atoms with E-state index < -0.39 is 6.10 Å². The summed E-state index contributed by atoms with van der Waals surface area (Å²) in [6.07, 6.45) is -0.924. The van der Waals surface area contributed by atoms with E-state index in [1.165, 1.54) is 0 Å². The van der Waals surface area contributed by atoms with Gasteiger partial charge in [-0.1, -0.05) is 11.6 Å². The molecule has 0 heterocycles. The predicted octanol–water partition coefficient (Wildman–Crippen LogP) is 1.42. The number of aliphatic hydroxyl groups is 2. The molecule has 6 heteroatoms. The van der Waals surface area contributed by atoms with Crippen LogP contribution in [0, 0.1) is 0 Å². The van der Waals surface area contributed by atoms with Gasteiger partial charge < -0.3 is 20.7 Å². The zero-order chi connectivity index (χ0) is 11.4. The third-order valence-corrected chi connectivity index (χ3v) is 2.48. The summed E-state index contributed by atoms with van der Waals surface area (Å²) in [6.45, 7) is -0.383. The minimum Gasteiger partial charge on any atom is -0.487 e. The van der Waals surface area contributed by atoms with E-state index in [1.807, 2.05) is 0 Å². The van der Waals surface area contributed by atoms with Crippen LogP contribution in [-0.2, 0) is 0 Å². The number of halogens is 2. The summed E-state index contributed by atoms with van der Waals surface area (Å²) in [5, 5.41) is 18.2. The molecule has 0 saturated carbocycles. The monoisotopic (exact) mass is 295 g/mol. The molecule has 15 heavy (non-hydrogen) atoms. The molecule has 0 aliphatic heterocycles. The Bertz CT molecular complexity index is 325. The molecule has 0 spiro atoms. The average molecular weight is 297 g/mol. The molecule has 1 unspecified atom stereocenters. The van der Waals surface area contributed by atoms with E-state index in [9.17, 15) is 0 Å². The molecule has 84 valence electrons. The first-order chi connectivity index (χ1) is 7.04. The maximum Gasteiger partial charge on any atom is 0.156 e. The van der Waals surface area contributed by atoms with Crippen LogP contribution < -0.4 is 10.5 Å². The van der Waals surface area contributed by atoms with Crippen molar-refractivity contribution < 1.29 is 14.9 Å². The SMILES string of the molecule is Nc1cc(Cl)cc(Br)c1OCC(O)CO. The van der Waals surface area contributed by atoms with Crippen LogP contribution in [0.2, 0.25) is 5.02 Å². The molecular formula is C9H11BrClNO3. The molecule has 0 amide bonds. The van der Waals surface area contributed by atoms with Gasteiger partial charge in [0.1, 0.15) is 12.7 Å². The molecule has 1 rings (SSSR count). The highest BCUT2D eigenvalue weighted by Crippen LogP contribution is 2.34. The van der Waals surface area contributed by atoms with E-state index in [2.05, 4.69) is 15.9 Å². The number of ether oxygens (including phenoxy) is 1. The first-order valence-electron chi connectivity index (χ1n) is 4.21. The molecule has 4 nitrogen and oxygen atoms in total. The average Bonchev–Trinajstić information content (AvgIpc) is 2.15. The van der Waals surface area contributed by atoms with E-state index in [1.54, 1.807) is 12.1 Å². The molecule has 1 aromatic rings. The largest absolute Gasteiger partial charge is 0.487 e. The van der Waals surface area contributed by atoms with E-state index in [4.69, 9.17) is 32.3 Å². The molecule has 1 aromatic carbocycles. The first kappa shape index (κ1) is 12.6. The van der Waals surface area contributed by atoms with Crippen molar-refractivity contribution in [2.24, 2.45) is 0 Å². The smallest absolute Gasteiger partial charge is 0.156 e. The highest BCUT2D eigenvalue weighted by Gasteiger charge is 2.10. The molecule has 4 N–H and O–H groups in total. The van der Waals surface area contributed by atoms with Crippen molar-refractivity contribution in [3.63, 3.8) is 0 Å². The van der Waals surface area contributed by atoms with Gasteiger partial charge >= 0.3 is 0 Å². The van der Waals surface area contributed by atoms with Crippen LogP contribution in [0.25, 0.3) is 0 Å². The first-order valence-corrected chi connectivity index (χ1v) is 5.38. The number of hydrogen-bond donors (Lipinski definition) is 3. The molecule has 0 aromatic heterocycles. The van der Waals surface area contributed by atoms with Gasteiger partial charge in [-0.3, -0.25) is 0 Å². The number of aliphatic hydroxyl groups excluding tert-OH is 2. The van der Waals surface area contributed by atoms with Crippen molar-refractivity contribution in [2.75, 3.05) is 18.9 Å². The number of hydrogen-bond acceptors (Lipinski definition) is 4. The van der Waals surface area contributed by atoms with Gasteiger partial charge in [-0.25, -0.2) is 0 Å². The lowest BCUT2D eigenvalue weighted by Gasteiger charge is -2.13. The van der Waals surface area contributed by atoms with Gasteiger partial charge in [0, 0.05) is 5.02 Å². The van der Waals surface area contributed by atoms with Gasteiger partial charge in [-0.15, -0.1) is 0 Å². The number of nitrogen functional groups attached to an aromatic ring is 1. The zero-order valence-corrected chi connectivity index (χ0v) is 10.1. The Morgan fingerprint density at radius 1 is 1.53 bits per heavy atom. The van der Waals surface area contributed by atoms with Gasteiger partial charge in [-0.05, 0) is 28.1 Å². The molecule has 0 bridgehead atoms. The molecule has 0 radical (unpaired) electrons. The third-order valence-electron chi connectivity index (χ3n) is 1.67. The normalized spacial score (nSPS) is 12.5. The van der Waals surface area contributed by atoms with Crippen molar-refractivity contribution >= 4 is 33.2 Å². The molecular weight excluding hydrogens is 285 g/mol. The molecule has 0 aliphatic rings. The molecule has 1 atom stereocenters. The van der Waals surface area contributed by atoms with Crippen molar-refractivity contribution in [1.29, 1.82) is 0 Å². The summed E-state index contributed by atoms with van der Waals surface area (Å²) >= 11 is 8.99. The number of rotatable bonds is 4. The Morgan fingerprint density at radius 3 is 2.73 bits per heavy atom.